The van der Waals surface area contributed by atoms with Crippen molar-refractivity contribution in [3.8, 4) is 0 Å². The van der Waals surface area contributed by atoms with Gasteiger partial charge in [0.25, 0.3) is 0 Å². The van der Waals surface area contributed by atoms with E-state index < -0.39 is 18.0 Å². The van der Waals surface area contributed by atoms with E-state index in [1.807, 2.05) is 39.1 Å². The van der Waals surface area contributed by atoms with Crippen LogP contribution in [0.3, 0.4) is 0 Å². The largest absolute Gasteiger partial charge is 0.480 e. The van der Waals surface area contributed by atoms with Crippen LogP contribution < -0.4 is 10.6 Å². The zero-order valence-electron chi connectivity index (χ0n) is 13.0. The van der Waals surface area contributed by atoms with Crippen molar-refractivity contribution < 1.29 is 14.7 Å². The minimum atomic E-state index is -0.997. The number of nitrogens with one attached hydrogen (secondary N) is 2. The number of carbonyl (C=O) groups excluding carboxylic acids is 1. The van der Waals surface area contributed by atoms with Gasteiger partial charge in [-0.05, 0) is 38.4 Å². The fourth-order valence-corrected chi connectivity index (χ4v) is 2.15. The van der Waals surface area contributed by atoms with E-state index in [1.165, 1.54) is 0 Å². The molecule has 20 heavy (non-hydrogen) atoms. The second-order valence-corrected chi connectivity index (χ2v) is 6.39. The Hall–Kier alpha value is -0.950. The summed E-state index contributed by atoms with van der Waals surface area (Å²) in [5.74, 6) is -0.0248. The van der Waals surface area contributed by atoms with Crippen LogP contribution >= 0.6 is 11.8 Å². The monoisotopic (exact) mass is 305 g/mol. The molecule has 3 N–H and O–H groups in total. The van der Waals surface area contributed by atoms with Gasteiger partial charge in [-0.25, -0.2) is 9.59 Å². The van der Waals surface area contributed by atoms with Gasteiger partial charge < -0.3 is 20.6 Å². The van der Waals surface area contributed by atoms with Crippen LogP contribution in [0.2, 0.25) is 0 Å². The van der Waals surface area contributed by atoms with Crippen LogP contribution in [-0.4, -0.2) is 66.7 Å². The summed E-state index contributed by atoms with van der Waals surface area (Å²) in [7, 11) is 3.88. The number of likely N-dealkylation sites (N-methyl/N-ethyl adjacent to an activating group) is 1. The van der Waals surface area contributed by atoms with E-state index in [9.17, 15) is 9.59 Å². The number of carboxylic acid groups (broad SMARTS) is 1. The van der Waals surface area contributed by atoms with E-state index in [1.54, 1.807) is 11.8 Å². The number of hydrogen-bond donors (Lipinski definition) is 3. The third-order valence-electron chi connectivity index (χ3n) is 2.90. The summed E-state index contributed by atoms with van der Waals surface area (Å²) in [6.45, 7) is 4.77. The van der Waals surface area contributed by atoms with Gasteiger partial charge in [0.05, 0.1) is 0 Å². The van der Waals surface area contributed by atoms with E-state index in [0.29, 0.717) is 18.7 Å². The molecule has 0 aliphatic rings. The molecule has 0 spiro atoms. The lowest BCUT2D eigenvalue weighted by Crippen LogP contribution is -2.52. The van der Waals surface area contributed by atoms with Crippen molar-refractivity contribution in [3.63, 3.8) is 0 Å². The fourth-order valence-electron chi connectivity index (χ4n) is 1.68. The minimum absolute atomic E-state index is 0.0139. The summed E-state index contributed by atoms with van der Waals surface area (Å²) in [5, 5.41) is 14.5. The SMILES string of the molecule is CSCCC(NC(=O)NC(CN(C)C)C(C)C)C(=O)O. The topological polar surface area (TPSA) is 81.7 Å². The zero-order valence-corrected chi connectivity index (χ0v) is 13.8. The number of thioether (sulfide) groups is 1. The first-order valence-corrected chi connectivity index (χ1v) is 8.10. The van der Waals surface area contributed by atoms with E-state index in [-0.39, 0.29) is 12.0 Å². The number of rotatable bonds is 9. The predicted octanol–water partition coefficient (Wildman–Crippen LogP) is 1.08. The third kappa shape index (κ3) is 8.27. The predicted molar refractivity (Wildman–Crippen MR) is 83.3 cm³/mol. The molecule has 2 unspecified atom stereocenters. The molecule has 0 fully saturated rings. The molecule has 0 saturated carbocycles. The minimum Gasteiger partial charge on any atom is -0.480 e. The standard InChI is InChI=1S/C13H27N3O3S/c1-9(2)11(8-16(3)4)15-13(19)14-10(12(17)18)6-7-20-5/h9-11H,6-8H2,1-5H3,(H,17,18)(H2,14,15,19). The number of amides is 2. The van der Waals surface area contributed by atoms with Gasteiger partial charge in [-0.1, -0.05) is 13.8 Å². The number of aliphatic carboxylic acids is 1. The summed E-state index contributed by atoms with van der Waals surface area (Å²) < 4.78 is 0. The Bertz CT molecular complexity index is 311. The van der Waals surface area contributed by atoms with Gasteiger partial charge in [0.15, 0.2) is 0 Å². The van der Waals surface area contributed by atoms with Crippen LogP contribution in [0.5, 0.6) is 0 Å². The molecule has 7 heteroatoms. The Morgan fingerprint density at radius 2 is 1.85 bits per heavy atom. The highest BCUT2D eigenvalue weighted by Gasteiger charge is 2.22. The first-order chi connectivity index (χ1) is 9.27. The molecule has 2 atom stereocenters. The van der Waals surface area contributed by atoms with Crippen molar-refractivity contribution in [2.24, 2.45) is 5.92 Å². The van der Waals surface area contributed by atoms with E-state index in [0.717, 1.165) is 0 Å². The van der Waals surface area contributed by atoms with Crippen molar-refractivity contribution >= 4 is 23.8 Å². The molecule has 0 saturated heterocycles. The molecular formula is C13H27N3O3S. The fraction of sp³-hybridized carbons (Fsp3) is 0.846. The molecule has 0 aromatic rings. The lowest BCUT2D eigenvalue weighted by molar-refractivity contribution is -0.139. The quantitative estimate of drug-likeness (QED) is 0.594. The van der Waals surface area contributed by atoms with Crippen molar-refractivity contribution in [2.75, 3.05) is 32.6 Å². The van der Waals surface area contributed by atoms with E-state index >= 15 is 0 Å². The molecule has 0 aromatic carbocycles. The first-order valence-electron chi connectivity index (χ1n) is 6.71. The van der Waals surface area contributed by atoms with Gasteiger partial charge in [-0.2, -0.15) is 11.8 Å². The number of carboxylic acids is 1. The molecule has 0 aliphatic carbocycles. The summed E-state index contributed by atoms with van der Waals surface area (Å²) in [6, 6.07) is -1.27. The van der Waals surface area contributed by atoms with Crippen LogP contribution in [0.1, 0.15) is 20.3 Å². The molecule has 0 bridgehead atoms. The van der Waals surface area contributed by atoms with Crippen LogP contribution in [0.25, 0.3) is 0 Å². The second-order valence-electron chi connectivity index (χ2n) is 5.40. The molecule has 118 valence electrons. The molecule has 0 rings (SSSR count). The average Bonchev–Trinajstić information content (AvgIpc) is 2.32. The lowest BCUT2D eigenvalue weighted by Gasteiger charge is -2.26. The zero-order chi connectivity index (χ0) is 15.7. The molecule has 2 amide bonds. The number of nitrogens with zero attached hydrogens (tertiary/aromatic N) is 1. The van der Waals surface area contributed by atoms with Crippen molar-refractivity contribution in [2.45, 2.75) is 32.4 Å². The maximum Gasteiger partial charge on any atom is 0.326 e. The maximum atomic E-state index is 11.9. The van der Waals surface area contributed by atoms with Crippen LogP contribution in [0, 0.1) is 5.92 Å². The van der Waals surface area contributed by atoms with Crippen LogP contribution in [0.4, 0.5) is 4.79 Å². The summed E-state index contributed by atoms with van der Waals surface area (Å²) in [5.41, 5.74) is 0. The highest BCUT2D eigenvalue weighted by Crippen LogP contribution is 2.04. The Kier molecular flexibility index (Phi) is 9.41. The van der Waals surface area contributed by atoms with Crippen molar-refractivity contribution in [1.82, 2.24) is 15.5 Å². The first kappa shape index (κ1) is 19.1. The van der Waals surface area contributed by atoms with E-state index in [4.69, 9.17) is 5.11 Å². The highest BCUT2D eigenvalue weighted by atomic mass is 32.2. The van der Waals surface area contributed by atoms with Crippen molar-refractivity contribution in [3.05, 3.63) is 0 Å². The number of carbonyl (C=O) groups is 2. The molecule has 0 heterocycles. The highest BCUT2D eigenvalue weighted by molar-refractivity contribution is 7.98. The molecular weight excluding hydrogens is 278 g/mol. The van der Waals surface area contributed by atoms with Crippen LogP contribution in [0.15, 0.2) is 0 Å². The normalized spacial score (nSPS) is 14.2. The molecule has 6 nitrogen and oxygen atoms in total. The van der Waals surface area contributed by atoms with E-state index in [2.05, 4.69) is 10.6 Å². The van der Waals surface area contributed by atoms with Gasteiger partial charge in [0, 0.05) is 12.6 Å². The Morgan fingerprint density at radius 3 is 2.25 bits per heavy atom. The number of urea groups is 1. The molecule has 0 aromatic heterocycles. The van der Waals surface area contributed by atoms with Gasteiger partial charge in [-0.15, -0.1) is 0 Å². The number of hydrogen-bond acceptors (Lipinski definition) is 4. The Morgan fingerprint density at radius 1 is 1.25 bits per heavy atom. The summed E-state index contributed by atoms with van der Waals surface area (Å²) in [4.78, 5) is 25.0. The van der Waals surface area contributed by atoms with Crippen LogP contribution in [-0.2, 0) is 4.79 Å². The van der Waals surface area contributed by atoms with Gasteiger partial charge in [-0.3, -0.25) is 0 Å². The third-order valence-corrected chi connectivity index (χ3v) is 3.54. The average molecular weight is 305 g/mol. The lowest BCUT2D eigenvalue weighted by atomic mass is 10.0. The maximum absolute atomic E-state index is 11.9. The van der Waals surface area contributed by atoms with Gasteiger partial charge in [0.1, 0.15) is 6.04 Å². The molecule has 0 aliphatic heterocycles. The Labute approximate surface area is 125 Å². The second kappa shape index (κ2) is 9.88. The summed E-state index contributed by atoms with van der Waals surface area (Å²) >= 11 is 1.56. The van der Waals surface area contributed by atoms with Crippen molar-refractivity contribution in [1.29, 1.82) is 0 Å². The smallest absolute Gasteiger partial charge is 0.326 e. The Balaban J connectivity index is 4.44. The van der Waals surface area contributed by atoms with Gasteiger partial charge >= 0.3 is 12.0 Å². The van der Waals surface area contributed by atoms with Gasteiger partial charge in [0.2, 0.25) is 0 Å². The molecule has 0 radical (unpaired) electrons. The summed E-state index contributed by atoms with van der Waals surface area (Å²) in [6.07, 6.45) is 2.33.